The molecule has 0 atom stereocenters. The highest BCUT2D eigenvalue weighted by Gasteiger charge is 2.05. The van der Waals surface area contributed by atoms with Crippen molar-refractivity contribution in [3.05, 3.63) is 63.6 Å². The van der Waals surface area contributed by atoms with Crippen LogP contribution in [0.5, 0.6) is 0 Å². The average Bonchev–Trinajstić information content (AvgIpc) is 2.53. The summed E-state index contributed by atoms with van der Waals surface area (Å²) in [5.74, 6) is -0.353. The van der Waals surface area contributed by atoms with E-state index in [0.29, 0.717) is 17.7 Å². The number of methoxy groups -OCH3 is 1. The van der Waals surface area contributed by atoms with Crippen LogP contribution in [0.15, 0.2) is 46.9 Å². The van der Waals surface area contributed by atoms with Crippen molar-refractivity contribution in [3.63, 3.8) is 0 Å². The van der Waals surface area contributed by atoms with Crippen LogP contribution in [-0.4, -0.2) is 13.1 Å². The predicted molar refractivity (Wildman–Crippen MR) is 84.0 cm³/mol. The summed E-state index contributed by atoms with van der Waals surface area (Å²) in [6.07, 6.45) is 0. The molecular formula is C16H13BrN2O2. The van der Waals surface area contributed by atoms with E-state index < -0.39 is 0 Å². The molecule has 106 valence electrons. The molecule has 0 fully saturated rings. The normalized spacial score (nSPS) is 9.76. The molecule has 0 spiro atoms. The molecule has 0 radical (unpaired) electrons. The summed E-state index contributed by atoms with van der Waals surface area (Å²) in [4.78, 5) is 11.3. The number of carbonyl (C=O) groups excluding carboxylic acids is 1. The number of carbonyl (C=O) groups is 1. The summed E-state index contributed by atoms with van der Waals surface area (Å²) >= 11 is 3.34. The Hall–Kier alpha value is -2.32. The SMILES string of the molecule is COC(=O)c1ccc(CNc2ccc(Br)cc2C#N)cc1. The minimum Gasteiger partial charge on any atom is -0.465 e. The standard InChI is InChI=1S/C16H13BrN2O2/c1-21-16(20)12-4-2-11(3-5-12)10-19-15-7-6-14(17)8-13(15)9-18/h2-8,19H,10H2,1H3. The van der Waals surface area contributed by atoms with E-state index in [2.05, 4.69) is 32.1 Å². The van der Waals surface area contributed by atoms with E-state index in [0.717, 1.165) is 15.7 Å². The minimum absolute atomic E-state index is 0.353. The Morgan fingerprint density at radius 1 is 1.29 bits per heavy atom. The van der Waals surface area contributed by atoms with E-state index in [-0.39, 0.29) is 5.97 Å². The molecule has 0 aliphatic rings. The number of ether oxygens (including phenoxy) is 1. The van der Waals surface area contributed by atoms with Gasteiger partial charge in [-0.15, -0.1) is 0 Å². The van der Waals surface area contributed by atoms with Gasteiger partial charge in [0, 0.05) is 11.0 Å². The third kappa shape index (κ3) is 3.83. The smallest absolute Gasteiger partial charge is 0.337 e. The van der Waals surface area contributed by atoms with Crippen molar-refractivity contribution in [1.29, 1.82) is 5.26 Å². The average molecular weight is 345 g/mol. The van der Waals surface area contributed by atoms with Gasteiger partial charge < -0.3 is 10.1 Å². The lowest BCUT2D eigenvalue weighted by Crippen LogP contribution is -2.03. The quantitative estimate of drug-likeness (QED) is 0.858. The van der Waals surface area contributed by atoms with Crippen molar-refractivity contribution in [2.24, 2.45) is 0 Å². The van der Waals surface area contributed by atoms with Gasteiger partial charge in [-0.05, 0) is 35.9 Å². The second kappa shape index (κ2) is 6.91. The lowest BCUT2D eigenvalue weighted by Gasteiger charge is -2.09. The summed E-state index contributed by atoms with van der Waals surface area (Å²) in [7, 11) is 1.36. The number of esters is 1. The zero-order valence-electron chi connectivity index (χ0n) is 11.4. The summed E-state index contributed by atoms with van der Waals surface area (Å²) in [5.41, 5.74) is 2.88. The van der Waals surface area contributed by atoms with Gasteiger partial charge in [0.05, 0.1) is 23.9 Å². The number of nitrogens with one attached hydrogen (secondary N) is 1. The van der Waals surface area contributed by atoms with Gasteiger partial charge in [0.15, 0.2) is 0 Å². The molecule has 0 heterocycles. The number of anilines is 1. The van der Waals surface area contributed by atoms with Crippen molar-refractivity contribution < 1.29 is 9.53 Å². The fourth-order valence-electron chi connectivity index (χ4n) is 1.84. The van der Waals surface area contributed by atoms with Crippen molar-refractivity contribution in [1.82, 2.24) is 0 Å². The molecule has 0 aliphatic carbocycles. The van der Waals surface area contributed by atoms with Crippen molar-refractivity contribution in [3.8, 4) is 6.07 Å². The van der Waals surface area contributed by atoms with E-state index in [1.165, 1.54) is 7.11 Å². The molecule has 1 N–H and O–H groups in total. The highest BCUT2D eigenvalue weighted by Crippen LogP contribution is 2.21. The topological polar surface area (TPSA) is 62.1 Å². The monoisotopic (exact) mass is 344 g/mol. The predicted octanol–water partition coefficient (Wildman–Crippen LogP) is 3.72. The first-order valence-corrected chi connectivity index (χ1v) is 7.04. The van der Waals surface area contributed by atoms with Gasteiger partial charge in [-0.2, -0.15) is 5.26 Å². The lowest BCUT2D eigenvalue weighted by molar-refractivity contribution is 0.0600. The van der Waals surface area contributed by atoms with Crippen molar-refractivity contribution in [2.45, 2.75) is 6.54 Å². The Morgan fingerprint density at radius 2 is 2.00 bits per heavy atom. The Balaban J connectivity index is 2.07. The van der Waals surface area contributed by atoms with E-state index >= 15 is 0 Å². The number of hydrogen-bond donors (Lipinski definition) is 1. The Kier molecular flexibility index (Phi) is 4.96. The molecule has 0 bridgehead atoms. The maximum atomic E-state index is 11.3. The third-order valence-corrected chi connectivity index (χ3v) is 3.45. The molecule has 2 aromatic carbocycles. The van der Waals surface area contributed by atoms with E-state index in [1.807, 2.05) is 24.3 Å². The number of benzene rings is 2. The number of rotatable bonds is 4. The summed E-state index contributed by atoms with van der Waals surface area (Å²) in [6, 6.07) is 14.8. The molecule has 0 saturated heterocycles. The number of hydrogen-bond acceptors (Lipinski definition) is 4. The van der Waals surface area contributed by atoms with Gasteiger partial charge in [-0.3, -0.25) is 0 Å². The summed E-state index contributed by atoms with van der Waals surface area (Å²) in [5, 5.41) is 12.3. The van der Waals surface area contributed by atoms with Crippen LogP contribution in [-0.2, 0) is 11.3 Å². The first-order chi connectivity index (χ1) is 10.1. The van der Waals surface area contributed by atoms with Gasteiger partial charge in [-0.25, -0.2) is 4.79 Å². The Bertz CT molecular complexity index is 690. The second-order valence-electron chi connectivity index (χ2n) is 4.34. The Morgan fingerprint density at radius 3 is 2.62 bits per heavy atom. The van der Waals surface area contributed by atoms with Gasteiger partial charge in [0.1, 0.15) is 6.07 Å². The van der Waals surface area contributed by atoms with Crippen molar-refractivity contribution >= 4 is 27.6 Å². The maximum absolute atomic E-state index is 11.3. The van der Waals surface area contributed by atoms with Crippen LogP contribution in [0.4, 0.5) is 5.69 Å². The van der Waals surface area contributed by atoms with Crippen LogP contribution >= 0.6 is 15.9 Å². The summed E-state index contributed by atoms with van der Waals surface area (Å²) < 4.78 is 5.52. The van der Waals surface area contributed by atoms with Gasteiger partial charge in [0.25, 0.3) is 0 Å². The van der Waals surface area contributed by atoms with Gasteiger partial charge in [-0.1, -0.05) is 28.1 Å². The van der Waals surface area contributed by atoms with Gasteiger partial charge in [0.2, 0.25) is 0 Å². The highest BCUT2D eigenvalue weighted by atomic mass is 79.9. The molecule has 0 unspecified atom stereocenters. The molecule has 2 aromatic rings. The van der Waals surface area contributed by atoms with Gasteiger partial charge >= 0.3 is 5.97 Å². The largest absolute Gasteiger partial charge is 0.465 e. The Labute approximate surface area is 131 Å². The van der Waals surface area contributed by atoms with Crippen LogP contribution in [0.25, 0.3) is 0 Å². The number of halogens is 1. The maximum Gasteiger partial charge on any atom is 0.337 e. The molecule has 21 heavy (non-hydrogen) atoms. The fourth-order valence-corrected chi connectivity index (χ4v) is 2.20. The molecule has 0 aliphatic heterocycles. The van der Waals surface area contributed by atoms with Crippen LogP contribution in [0.1, 0.15) is 21.5 Å². The molecule has 4 nitrogen and oxygen atoms in total. The fraction of sp³-hybridized carbons (Fsp3) is 0.125. The van der Waals surface area contributed by atoms with Crippen LogP contribution < -0.4 is 5.32 Å². The third-order valence-electron chi connectivity index (χ3n) is 2.96. The van der Waals surface area contributed by atoms with E-state index in [1.54, 1.807) is 18.2 Å². The first-order valence-electron chi connectivity index (χ1n) is 6.25. The highest BCUT2D eigenvalue weighted by molar-refractivity contribution is 9.10. The minimum atomic E-state index is -0.353. The van der Waals surface area contributed by atoms with E-state index in [9.17, 15) is 4.79 Å². The van der Waals surface area contributed by atoms with Crippen LogP contribution in [0.3, 0.4) is 0 Å². The molecule has 0 saturated carbocycles. The zero-order chi connectivity index (χ0) is 15.2. The van der Waals surface area contributed by atoms with Crippen LogP contribution in [0, 0.1) is 11.3 Å². The molecule has 0 aromatic heterocycles. The zero-order valence-corrected chi connectivity index (χ0v) is 13.0. The van der Waals surface area contributed by atoms with E-state index in [4.69, 9.17) is 5.26 Å². The lowest BCUT2D eigenvalue weighted by atomic mass is 10.1. The molecule has 0 amide bonds. The molecule has 5 heteroatoms. The van der Waals surface area contributed by atoms with Crippen molar-refractivity contribution in [2.75, 3.05) is 12.4 Å². The first kappa shape index (κ1) is 15.1. The summed E-state index contributed by atoms with van der Waals surface area (Å²) in [6.45, 7) is 0.567. The molecular weight excluding hydrogens is 332 g/mol. The van der Waals surface area contributed by atoms with Crippen LogP contribution in [0.2, 0.25) is 0 Å². The number of nitrogens with zero attached hydrogens (tertiary/aromatic N) is 1. The molecule has 2 rings (SSSR count). The second-order valence-corrected chi connectivity index (χ2v) is 5.26. The number of nitriles is 1.